The number of hydrogen-bond acceptors (Lipinski definition) is 5. The molecular weight excluding hydrogens is 278 g/mol. The van der Waals surface area contributed by atoms with Crippen molar-refractivity contribution in [2.75, 3.05) is 19.7 Å². The van der Waals surface area contributed by atoms with E-state index in [9.17, 15) is 0 Å². The van der Waals surface area contributed by atoms with Crippen molar-refractivity contribution < 1.29 is 9.15 Å². The Kier molecular flexibility index (Phi) is 4.73. The molecule has 1 aliphatic rings. The minimum atomic E-state index is 0.545. The molecule has 3 rings (SSSR count). The summed E-state index contributed by atoms with van der Waals surface area (Å²) in [7, 11) is 0. The third kappa shape index (κ3) is 4.07. The number of hydrogen-bond donors (Lipinski definition) is 0. The molecule has 0 amide bonds. The molecule has 0 saturated carbocycles. The molecule has 0 aromatic carbocycles. The van der Waals surface area contributed by atoms with Gasteiger partial charge in [0.05, 0.1) is 12.3 Å². The molecule has 0 aliphatic carbocycles. The normalized spacial score (nSPS) is 19.3. The van der Waals surface area contributed by atoms with Crippen molar-refractivity contribution in [2.45, 2.75) is 33.2 Å². The van der Waals surface area contributed by atoms with Crippen LogP contribution in [-0.2, 0) is 6.54 Å². The van der Waals surface area contributed by atoms with Gasteiger partial charge in [-0.05, 0) is 32.4 Å². The fraction of sp³-hybridized carbons (Fsp3) is 0.529. The number of rotatable bonds is 5. The number of aryl methyl sites for hydroxylation is 2. The van der Waals surface area contributed by atoms with Gasteiger partial charge in [0.1, 0.15) is 6.26 Å². The van der Waals surface area contributed by atoms with E-state index in [2.05, 4.69) is 14.9 Å². The van der Waals surface area contributed by atoms with Crippen molar-refractivity contribution in [3.63, 3.8) is 0 Å². The lowest BCUT2D eigenvalue weighted by Crippen LogP contribution is -2.37. The zero-order valence-corrected chi connectivity index (χ0v) is 13.3. The number of ether oxygens (including phenoxy) is 1. The molecule has 3 heterocycles. The minimum absolute atomic E-state index is 0.545. The molecule has 0 spiro atoms. The maximum absolute atomic E-state index is 5.86. The van der Waals surface area contributed by atoms with Crippen LogP contribution in [0.5, 0.6) is 5.88 Å². The van der Waals surface area contributed by atoms with Gasteiger partial charge in [0.15, 0.2) is 5.89 Å². The summed E-state index contributed by atoms with van der Waals surface area (Å²) in [6, 6.07) is 5.89. The molecule has 1 aliphatic heterocycles. The van der Waals surface area contributed by atoms with Crippen LogP contribution in [0.1, 0.15) is 30.1 Å². The second-order valence-electron chi connectivity index (χ2n) is 6.03. The molecule has 1 fully saturated rings. The van der Waals surface area contributed by atoms with E-state index in [-0.39, 0.29) is 0 Å². The van der Waals surface area contributed by atoms with Crippen molar-refractivity contribution in [1.82, 2.24) is 14.9 Å². The molecule has 2 aromatic rings. The van der Waals surface area contributed by atoms with Gasteiger partial charge >= 0.3 is 0 Å². The number of likely N-dealkylation sites (tertiary alicyclic amines) is 1. The van der Waals surface area contributed by atoms with E-state index in [1.165, 1.54) is 12.8 Å². The first-order chi connectivity index (χ1) is 10.7. The van der Waals surface area contributed by atoms with Gasteiger partial charge in [-0.3, -0.25) is 4.90 Å². The monoisotopic (exact) mass is 301 g/mol. The molecule has 1 atom stereocenters. The quantitative estimate of drug-likeness (QED) is 0.850. The smallest absolute Gasteiger partial charge is 0.213 e. The Morgan fingerprint density at radius 3 is 3.00 bits per heavy atom. The Morgan fingerprint density at radius 1 is 1.32 bits per heavy atom. The fourth-order valence-corrected chi connectivity index (χ4v) is 2.94. The van der Waals surface area contributed by atoms with Gasteiger partial charge in [0.25, 0.3) is 0 Å². The highest BCUT2D eigenvalue weighted by atomic mass is 16.5. The van der Waals surface area contributed by atoms with Gasteiger partial charge in [0.2, 0.25) is 5.88 Å². The molecule has 1 unspecified atom stereocenters. The van der Waals surface area contributed by atoms with Crippen LogP contribution in [0.15, 0.2) is 28.9 Å². The molecular formula is C17H23N3O2. The van der Waals surface area contributed by atoms with E-state index >= 15 is 0 Å². The highest BCUT2D eigenvalue weighted by Crippen LogP contribution is 2.19. The first kappa shape index (κ1) is 15.0. The number of piperidine rings is 1. The largest absolute Gasteiger partial charge is 0.477 e. The molecule has 0 N–H and O–H groups in total. The Bertz CT molecular complexity index is 611. The zero-order chi connectivity index (χ0) is 15.4. The summed E-state index contributed by atoms with van der Waals surface area (Å²) in [6.45, 7) is 7.60. The van der Waals surface area contributed by atoms with Crippen LogP contribution in [0.2, 0.25) is 0 Å². The van der Waals surface area contributed by atoms with E-state index in [0.717, 1.165) is 49.4 Å². The van der Waals surface area contributed by atoms with Crippen molar-refractivity contribution in [3.8, 4) is 5.88 Å². The number of oxazole rings is 1. The lowest BCUT2D eigenvalue weighted by molar-refractivity contribution is 0.122. The Labute approximate surface area is 131 Å². The van der Waals surface area contributed by atoms with Crippen LogP contribution in [0.3, 0.4) is 0 Å². The van der Waals surface area contributed by atoms with Crippen molar-refractivity contribution in [3.05, 3.63) is 41.7 Å². The van der Waals surface area contributed by atoms with Gasteiger partial charge in [0, 0.05) is 37.7 Å². The summed E-state index contributed by atoms with van der Waals surface area (Å²) in [5.74, 6) is 2.01. The lowest BCUT2D eigenvalue weighted by Gasteiger charge is -2.31. The standard InChI is InChI=1S/C17H23N3O2/c1-13-5-3-7-17(18-13)22-11-15-6-4-8-20(9-15)10-16-12-21-14(2)19-16/h3,5,7,12,15H,4,6,8-11H2,1-2H3. The third-order valence-corrected chi connectivity index (χ3v) is 3.98. The summed E-state index contributed by atoms with van der Waals surface area (Å²) in [5.41, 5.74) is 2.00. The summed E-state index contributed by atoms with van der Waals surface area (Å²) in [6.07, 6.45) is 4.17. The highest BCUT2D eigenvalue weighted by molar-refractivity contribution is 5.14. The molecule has 2 aromatic heterocycles. The SMILES string of the molecule is Cc1cccc(OCC2CCCN(Cc3coc(C)n3)C2)n1. The predicted molar refractivity (Wildman–Crippen MR) is 83.7 cm³/mol. The maximum Gasteiger partial charge on any atom is 0.213 e. The Balaban J connectivity index is 1.50. The molecule has 0 radical (unpaired) electrons. The van der Waals surface area contributed by atoms with Crippen LogP contribution < -0.4 is 4.74 Å². The Hall–Kier alpha value is -1.88. The van der Waals surface area contributed by atoms with E-state index in [4.69, 9.17) is 9.15 Å². The summed E-state index contributed by atoms with van der Waals surface area (Å²) < 4.78 is 11.1. The first-order valence-corrected chi connectivity index (χ1v) is 7.89. The molecule has 0 bridgehead atoms. The summed E-state index contributed by atoms with van der Waals surface area (Å²) in [5, 5.41) is 0. The molecule has 22 heavy (non-hydrogen) atoms. The van der Waals surface area contributed by atoms with Crippen molar-refractivity contribution in [1.29, 1.82) is 0 Å². The van der Waals surface area contributed by atoms with Gasteiger partial charge in [-0.15, -0.1) is 0 Å². The third-order valence-electron chi connectivity index (χ3n) is 3.98. The van der Waals surface area contributed by atoms with Gasteiger partial charge in [-0.2, -0.15) is 0 Å². The summed E-state index contributed by atoms with van der Waals surface area (Å²) in [4.78, 5) is 11.2. The van der Waals surface area contributed by atoms with Crippen molar-refractivity contribution >= 4 is 0 Å². The van der Waals surface area contributed by atoms with Gasteiger partial charge in [-0.1, -0.05) is 6.07 Å². The Morgan fingerprint density at radius 2 is 2.23 bits per heavy atom. The van der Waals surface area contributed by atoms with Gasteiger partial charge in [-0.25, -0.2) is 9.97 Å². The predicted octanol–water partition coefficient (Wildman–Crippen LogP) is 2.98. The van der Waals surface area contributed by atoms with Crippen LogP contribution in [-0.4, -0.2) is 34.6 Å². The van der Waals surface area contributed by atoms with E-state index in [1.54, 1.807) is 6.26 Å². The number of aromatic nitrogens is 2. The van der Waals surface area contributed by atoms with Crippen LogP contribution in [0, 0.1) is 19.8 Å². The highest BCUT2D eigenvalue weighted by Gasteiger charge is 2.21. The molecule has 118 valence electrons. The molecule has 5 nitrogen and oxygen atoms in total. The van der Waals surface area contributed by atoms with Crippen molar-refractivity contribution in [2.24, 2.45) is 5.92 Å². The number of pyridine rings is 1. The summed E-state index contributed by atoms with van der Waals surface area (Å²) >= 11 is 0. The molecule has 1 saturated heterocycles. The maximum atomic E-state index is 5.86. The average molecular weight is 301 g/mol. The topological polar surface area (TPSA) is 51.4 Å². The fourth-order valence-electron chi connectivity index (χ4n) is 2.94. The van der Waals surface area contributed by atoms with Crippen LogP contribution in [0.4, 0.5) is 0 Å². The van der Waals surface area contributed by atoms with Gasteiger partial charge < -0.3 is 9.15 Å². The van der Waals surface area contributed by atoms with E-state index in [0.29, 0.717) is 5.92 Å². The lowest BCUT2D eigenvalue weighted by atomic mass is 9.99. The second-order valence-corrected chi connectivity index (χ2v) is 6.03. The second kappa shape index (κ2) is 6.92. The average Bonchev–Trinajstić information content (AvgIpc) is 2.91. The number of nitrogens with zero attached hydrogens (tertiary/aromatic N) is 3. The van der Waals surface area contributed by atoms with Crippen LogP contribution >= 0.6 is 0 Å². The van der Waals surface area contributed by atoms with E-state index < -0.39 is 0 Å². The minimum Gasteiger partial charge on any atom is -0.477 e. The molecule has 5 heteroatoms. The van der Waals surface area contributed by atoms with E-state index in [1.807, 2.05) is 32.0 Å². The zero-order valence-electron chi connectivity index (χ0n) is 13.3. The van der Waals surface area contributed by atoms with Crippen LogP contribution in [0.25, 0.3) is 0 Å². The first-order valence-electron chi connectivity index (χ1n) is 7.89.